The molecule has 2 unspecified atom stereocenters. The summed E-state index contributed by atoms with van der Waals surface area (Å²) in [6.45, 7) is 3.42. The second-order valence-electron chi connectivity index (χ2n) is 5.89. The highest BCUT2D eigenvalue weighted by molar-refractivity contribution is 5.07. The molecule has 0 radical (unpaired) electrons. The molecule has 3 nitrogen and oxygen atoms in total. The molecule has 1 aliphatic heterocycles. The van der Waals surface area contributed by atoms with Crippen molar-refractivity contribution in [1.29, 1.82) is 5.26 Å². The Morgan fingerprint density at radius 2 is 2.06 bits per heavy atom. The number of nitriles is 1. The van der Waals surface area contributed by atoms with Crippen LogP contribution in [0.3, 0.4) is 0 Å². The lowest BCUT2D eigenvalue weighted by Gasteiger charge is -2.40. The fourth-order valence-corrected chi connectivity index (χ4v) is 3.26. The maximum atomic E-state index is 10.5. The topological polar surface area (TPSA) is 53.2 Å². The summed E-state index contributed by atoms with van der Waals surface area (Å²) in [7, 11) is 0. The Morgan fingerprint density at radius 3 is 2.59 bits per heavy atom. The van der Waals surface area contributed by atoms with Gasteiger partial charge in [0.05, 0.1) is 18.8 Å². The van der Waals surface area contributed by atoms with Gasteiger partial charge in [-0.15, -0.1) is 0 Å². The van der Waals surface area contributed by atoms with E-state index >= 15 is 0 Å². The van der Waals surface area contributed by atoms with Gasteiger partial charge in [-0.1, -0.05) is 19.8 Å². The minimum absolute atomic E-state index is 0.299. The molecule has 3 heteroatoms. The number of nitrogens with zero attached hydrogens (tertiary/aromatic N) is 1. The van der Waals surface area contributed by atoms with E-state index in [1.165, 1.54) is 12.8 Å². The first-order valence-electron chi connectivity index (χ1n) is 6.85. The number of hydrogen-bond acceptors (Lipinski definition) is 3. The molecule has 0 aromatic rings. The van der Waals surface area contributed by atoms with Crippen molar-refractivity contribution in [2.24, 2.45) is 17.3 Å². The van der Waals surface area contributed by atoms with E-state index < -0.39 is 11.5 Å². The Morgan fingerprint density at radius 1 is 1.35 bits per heavy atom. The molecule has 2 atom stereocenters. The summed E-state index contributed by atoms with van der Waals surface area (Å²) >= 11 is 0. The van der Waals surface area contributed by atoms with Crippen molar-refractivity contribution in [3.8, 4) is 6.07 Å². The summed E-state index contributed by atoms with van der Waals surface area (Å²) in [5, 5.41) is 19.9. The lowest BCUT2D eigenvalue weighted by atomic mass is 9.69. The maximum absolute atomic E-state index is 10.5. The van der Waals surface area contributed by atoms with Gasteiger partial charge in [0, 0.05) is 6.61 Å². The van der Waals surface area contributed by atoms with Crippen LogP contribution in [0.2, 0.25) is 0 Å². The molecule has 96 valence electrons. The van der Waals surface area contributed by atoms with Crippen LogP contribution in [0.25, 0.3) is 0 Å². The Kier molecular flexibility index (Phi) is 4.06. The number of rotatable bonds is 2. The fourth-order valence-electron chi connectivity index (χ4n) is 3.26. The average molecular weight is 237 g/mol. The highest BCUT2D eigenvalue weighted by atomic mass is 16.5. The van der Waals surface area contributed by atoms with E-state index in [1.807, 2.05) is 0 Å². The van der Waals surface area contributed by atoms with E-state index in [9.17, 15) is 10.4 Å². The zero-order valence-electron chi connectivity index (χ0n) is 10.7. The highest BCUT2D eigenvalue weighted by Crippen LogP contribution is 2.40. The largest absolute Gasteiger partial charge is 0.391 e. The van der Waals surface area contributed by atoms with Gasteiger partial charge >= 0.3 is 0 Å². The minimum atomic E-state index is -0.635. The molecule has 1 N–H and O–H groups in total. The molecule has 1 aliphatic carbocycles. The summed E-state index contributed by atoms with van der Waals surface area (Å²) in [4.78, 5) is 0. The van der Waals surface area contributed by atoms with E-state index in [2.05, 4.69) is 13.0 Å². The van der Waals surface area contributed by atoms with Crippen LogP contribution in [0.5, 0.6) is 0 Å². The van der Waals surface area contributed by atoms with E-state index in [1.54, 1.807) is 0 Å². The monoisotopic (exact) mass is 237 g/mol. The number of aliphatic hydroxyl groups excluding tert-OH is 1. The van der Waals surface area contributed by atoms with Gasteiger partial charge in [0.1, 0.15) is 5.41 Å². The third-order valence-electron chi connectivity index (χ3n) is 4.57. The first-order valence-corrected chi connectivity index (χ1v) is 6.85. The van der Waals surface area contributed by atoms with Crippen LogP contribution >= 0.6 is 0 Å². The molecule has 0 aromatic carbocycles. The van der Waals surface area contributed by atoms with Crippen molar-refractivity contribution in [2.75, 3.05) is 13.2 Å². The van der Waals surface area contributed by atoms with Gasteiger partial charge < -0.3 is 9.84 Å². The van der Waals surface area contributed by atoms with Crippen LogP contribution in [0.15, 0.2) is 0 Å². The second-order valence-corrected chi connectivity index (χ2v) is 5.89. The maximum Gasteiger partial charge on any atom is 0.107 e. The van der Waals surface area contributed by atoms with E-state index in [0.717, 1.165) is 38.2 Å². The van der Waals surface area contributed by atoms with Crippen molar-refractivity contribution < 1.29 is 9.84 Å². The third-order valence-corrected chi connectivity index (χ3v) is 4.57. The number of hydrogen-bond donors (Lipinski definition) is 1. The summed E-state index contributed by atoms with van der Waals surface area (Å²) in [5.74, 6) is 1.08. The molecule has 2 fully saturated rings. The van der Waals surface area contributed by atoms with Gasteiger partial charge in [0.15, 0.2) is 0 Å². The molecule has 2 aliphatic rings. The van der Waals surface area contributed by atoms with Crippen LogP contribution in [-0.2, 0) is 4.74 Å². The van der Waals surface area contributed by atoms with Crippen molar-refractivity contribution >= 4 is 0 Å². The minimum Gasteiger partial charge on any atom is -0.391 e. The second kappa shape index (κ2) is 5.37. The molecule has 0 bridgehead atoms. The van der Waals surface area contributed by atoms with Crippen LogP contribution in [0.1, 0.15) is 45.4 Å². The predicted octanol–water partition coefficient (Wildman–Crippen LogP) is 2.49. The van der Waals surface area contributed by atoms with Crippen molar-refractivity contribution in [2.45, 2.75) is 51.6 Å². The van der Waals surface area contributed by atoms with Crippen LogP contribution in [0.4, 0.5) is 0 Å². The van der Waals surface area contributed by atoms with E-state index in [0.29, 0.717) is 12.5 Å². The summed E-state index contributed by atoms with van der Waals surface area (Å²) in [6.07, 6.45) is 5.68. The van der Waals surface area contributed by atoms with Crippen LogP contribution in [0, 0.1) is 28.6 Å². The van der Waals surface area contributed by atoms with E-state index in [4.69, 9.17) is 4.74 Å². The van der Waals surface area contributed by atoms with Gasteiger partial charge in [-0.25, -0.2) is 0 Å². The molecule has 1 saturated heterocycles. The first-order chi connectivity index (χ1) is 8.18. The molecule has 0 spiro atoms. The summed E-state index contributed by atoms with van der Waals surface area (Å²) in [6, 6.07) is 2.35. The van der Waals surface area contributed by atoms with Gasteiger partial charge in [-0.2, -0.15) is 5.26 Å². The number of aliphatic hydroxyl groups is 1. The summed E-state index contributed by atoms with van der Waals surface area (Å²) in [5.41, 5.74) is -0.635. The van der Waals surface area contributed by atoms with Gasteiger partial charge in [-0.05, 0) is 37.5 Å². The molecule has 1 heterocycles. The van der Waals surface area contributed by atoms with Crippen molar-refractivity contribution in [3.05, 3.63) is 0 Å². The Bertz CT molecular complexity index is 283. The highest BCUT2D eigenvalue weighted by Gasteiger charge is 2.44. The molecule has 2 rings (SSSR count). The predicted molar refractivity (Wildman–Crippen MR) is 65.2 cm³/mol. The average Bonchev–Trinajstić information content (AvgIpc) is 2.39. The standard InChI is InChI=1S/C14H23NO2/c1-11-3-5-12(6-4-11)13(16)14(9-15)7-2-8-17-10-14/h11-13,16H,2-8,10H2,1H3. The molecule has 1 saturated carbocycles. The van der Waals surface area contributed by atoms with Crippen molar-refractivity contribution in [1.82, 2.24) is 0 Å². The molecular weight excluding hydrogens is 214 g/mol. The number of ether oxygens (including phenoxy) is 1. The quantitative estimate of drug-likeness (QED) is 0.802. The third kappa shape index (κ3) is 2.64. The zero-order valence-corrected chi connectivity index (χ0v) is 10.7. The lowest BCUT2D eigenvalue weighted by Crippen LogP contribution is -2.46. The molecule has 0 amide bonds. The van der Waals surface area contributed by atoms with E-state index in [-0.39, 0.29) is 0 Å². The van der Waals surface area contributed by atoms with Gasteiger partial charge in [0.2, 0.25) is 0 Å². The van der Waals surface area contributed by atoms with Crippen molar-refractivity contribution in [3.63, 3.8) is 0 Å². The fraction of sp³-hybridized carbons (Fsp3) is 0.929. The normalized spacial score (nSPS) is 40.5. The van der Waals surface area contributed by atoms with Gasteiger partial charge in [0.25, 0.3) is 0 Å². The lowest BCUT2D eigenvalue weighted by molar-refractivity contribution is -0.0792. The molecular formula is C14H23NO2. The zero-order chi connectivity index (χ0) is 12.3. The van der Waals surface area contributed by atoms with Crippen LogP contribution < -0.4 is 0 Å². The Hall–Kier alpha value is -0.590. The first kappa shape index (κ1) is 12.9. The summed E-state index contributed by atoms with van der Waals surface area (Å²) < 4.78 is 5.43. The Labute approximate surface area is 104 Å². The smallest absolute Gasteiger partial charge is 0.107 e. The molecule has 0 aromatic heterocycles. The Balaban J connectivity index is 2.02. The SMILES string of the molecule is CC1CCC(C(O)C2(C#N)CCCOC2)CC1. The molecule has 17 heavy (non-hydrogen) atoms. The van der Waals surface area contributed by atoms with Gasteiger partial charge in [-0.3, -0.25) is 0 Å². The van der Waals surface area contributed by atoms with Crippen LogP contribution in [-0.4, -0.2) is 24.4 Å².